The van der Waals surface area contributed by atoms with Gasteiger partial charge in [0.15, 0.2) is 0 Å². The maximum Gasteiger partial charge on any atom is 0.315 e. The summed E-state index contributed by atoms with van der Waals surface area (Å²) >= 11 is 0. The van der Waals surface area contributed by atoms with Gasteiger partial charge in [-0.05, 0) is 40.6 Å². The first-order valence-corrected chi connectivity index (χ1v) is 9.69. The Kier molecular flexibility index (Phi) is 5.52. The van der Waals surface area contributed by atoms with Crippen molar-refractivity contribution < 1.29 is 4.79 Å². The maximum absolute atomic E-state index is 12.2. The second-order valence-electron chi connectivity index (χ2n) is 7.08. The smallest absolute Gasteiger partial charge is 0.315 e. The van der Waals surface area contributed by atoms with Gasteiger partial charge in [0.2, 0.25) is 0 Å². The molecule has 0 bridgehead atoms. The van der Waals surface area contributed by atoms with E-state index in [-0.39, 0.29) is 6.03 Å². The molecule has 144 valence electrons. The number of nitrogens with one attached hydrogen (secondary N) is 2. The third-order valence-electron chi connectivity index (χ3n) is 5.01. The molecule has 2 N–H and O–H groups in total. The number of fused-ring (bicyclic) bond motifs is 1. The number of rotatable bonds is 5. The van der Waals surface area contributed by atoms with E-state index in [1.165, 1.54) is 16.7 Å². The van der Waals surface area contributed by atoms with Crippen molar-refractivity contribution in [3.05, 3.63) is 102 Å². The average molecular weight is 381 g/mol. The maximum atomic E-state index is 12.2. The standard InChI is InChI=1S/C25H23N3O/c1-18-7-9-20(10-8-18)22-12-11-21(24-17-26-14-13-23(22)24)16-28-25(29)27-15-19-5-3-2-4-6-19/h2-14,17H,15-16H2,1H3,(H2,27,28,29). The van der Waals surface area contributed by atoms with Gasteiger partial charge in [-0.2, -0.15) is 0 Å². The molecule has 0 saturated carbocycles. The first kappa shape index (κ1) is 18.7. The average Bonchev–Trinajstić information content (AvgIpc) is 2.77. The second kappa shape index (κ2) is 8.57. The van der Waals surface area contributed by atoms with Gasteiger partial charge < -0.3 is 10.6 Å². The molecule has 0 spiro atoms. The molecule has 0 aliphatic heterocycles. The van der Waals surface area contributed by atoms with Crippen LogP contribution in [0.3, 0.4) is 0 Å². The van der Waals surface area contributed by atoms with Crippen LogP contribution >= 0.6 is 0 Å². The number of pyridine rings is 1. The quantitative estimate of drug-likeness (QED) is 0.499. The van der Waals surface area contributed by atoms with Crippen molar-refractivity contribution in [3.63, 3.8) is 0 Å². The van der Waals surface area contributed by atoms with Crippen LogP contribution in [-0.4, -0.2) is 11.0 Å². The molecule has 1 aromatic heterocycles. The summed E-state index contributed by atoms with van der Waals surface area (Å²) in [5.74, 6) is 0. The van der Waals surface area contributed by atoms with Crippen molar-refractivity contribution >= 4 is 16.8 Å². The molecule has 0 saturated heterocycles. The summed E-state index contributed by atoms with van der Waals surface area (Å²) in [7, 11) is 0. The van der Waals surface area contributed by atoms with Crippen LogP contribution in [0.15, 0.2) is 85.2 Å². The van der Waals surface area contributed by atoms with Gasteiger partial charge in [0.25, 0.3) is 0 Å². The zero-order valence-electron chi connectivity index (χ0n) is 16.4. The minimum absolute atomic E-state index is 0.187. The topological polar surface area (TPSA) is 54.0 Å². The van der Waals surface area contributed by atoms with E-state index in [1.807, 2.05) is 48.8 Å². The number of hydrogen-bond donors (Lipinski definition) is 2. The Morgan fingerprint density at radius 1 is 0.828 bits per heavy atom. The molecule has 1 heterocycles. The molecule has 29 heavy (non-hydrogen) atoms. The first-order chi connectivity index (χ1) is 14.2. The third-order valence-corrected chi connectivity index (χ3v) is 5.01. The largest absolute Gasteiger partial charge is 0.334 e. The van der Waals surface area contributed by atoms with Gasteiger partial charge >= 0.3 is 6.03 Å². The van der Waals surface area contributed by atoms with Crippen LogP contribution in [0.2, 0.25) is 0 Å². The van der Waals surface area contributed by atoms with Crippen molar-refractivity contribution in [2.45, 2.75) is 20.0 Å². The van der Waals surface area contributed by atoms with E-state index < -0.39 is 0 Å². The van der Waals surface area contributed by atoms with Crippen molar-refractivity contribution in [1.29, 1.82) is 0 Å². The van der Waals surface area contributed by atoms with Crippen LogP contribution in [0, 0.1) is 6.92 Å². The van der Waals surface area contributed by atoms with Crippen LogP contribution in [-0.2, 0) is 13.1 Å². The first-order valence-electron chi connectivity index (χ1n) is 9.69. The highest BCUT2D eigenvalue weighted by atomic mass is 16.2. The van der Waals surface area contributed by atoms with Gasteiger partial charge in [0.05, 0.1) is 0 Å². The molecule has 4 heteroatoms. The summed E-state index contributed by atoms with van der Waals surface area (Å²) in [5, 5.41) is 8.03. The van der Waals surface area contributed by atoms with Gasteiger partial charge in [-0.25, -0.2) is 4.79 Å². The van der Waals surface area contributed by atoms with Crippen LogP contribution in [0.1, 0.15) is 16.7 Å². The van der Waals surface area contributed by atoms with Gasteiger partial charge in [-0.3, -0.25) is 4.98 Å². The Morgan fingerprint density at radius 2 is 1.59 bits per heavy atom. The van der Waals surface area contributed by atoms with E-state index in [4.69, 9.17) is 0 Å². The highest BCUT2D eigenvalue weighted by Crippen LogP contribution is 2.30. The predicted octanol–water partition coefficient (Wildman–Crippen LogP) is 5.21. The lowest BCUT2D eigenvalue weighted by Crippen LogP contribution is -2.34. The lowest BCUT2D eigenvalue weighted by molar-refractivity contribution is 0.240. The minimum Gasteiger partial charge on any atom is -0.334 e. The highest BCUT2D eigenvalue weighted by molar-refractivity contribution is 5.98. The summed E-state index contributed by atoms with van der Waals surface area (Å²) < 4.78 is 0. The van der Waals surface area contributed by atoms with Gasteiger partial charge in [0, 0.05) is 30.9 Å². The Bertz CT molecular complexity index is 1120. The Morgan fingerprint density at radius 3 is 2.38 bits per heavy atom. The van der Waals surface area contributed by atoms with E-state index in [0.29, 0.717) is 13.1 Å². The zero-order valence-corrected chi connectivity index (χ0v) is 16.4. The number of nitrogens with zero attached hydrogens (tertiary/aromatic N) is 1. The van der Waals surface area contributed by atoms with Crippen LogP contribution in [0.5, 0.6) is 0 Å². The fourth-order valence-electron chi connectivity index (χ4n) is 3.40. The SMILES string of the molecule is Cc1ccc(-c2ccc(CNC(=O)NCc3ccccc3)c3cnccc23)cc1. The summed E-state index contributed by atoms with van der Waals surface area (Å²) in [5.41, 5.74) is 5.69. The monoisotopic (exact) mass is 381 g/mol. The molecule has 0 unspecified atom stereocenters. The molecule has 0 radical (unpaired) electrons. The molecule has 2 amide bonds. The molecule has 4 aromatic rings. The van der Waals surface area contributed by atoms with Crippen molar-refractivity contribution in [1.82, 2.24) is 15.6 Å². The van der Waals surface area contributed by atoms with E-state index >= 15 is 0 Å². The van der Waals surface area contributed by atoms with Crippen LogP contribution < -0.4 is 10.6 Å². The number of carbonyl (C=O) groups is 1. The van der Waals surface area contributed by atoms with E-state index in [9.17, 15) is 4.79 Å². The summed E-state index contributed by atoms with van der Waals surface area (Å²) in [4.78, 5) is 16.5. The van der Waals surface area contributed by atoms with Crippen molar-refractivity contribution in [2.75, 3.05) is 0 Å². The highest BCUT2D eigenvalue weighted by Gasteiger charge is 2.09. The van der Waals surface area contributed by atoms with E-state index in [1.54, 1.807) is 0 Å². The Balaban J connectivity index is 1.50. The summed E-state index contributed by atoms with van der Waals surface area (Å²) in [6.07, 6.45) is 3.68. The molecule has 4 rings (SSSR count). The third kappa shape index (κ3) is 4.43. The summed E-state index contributed by atoms with van der Waals surface area (Å²) in [6, 6.07) is 24.4. The number of aromatic nitrogens is 1. The van der Waals surface area contributed by atoms with Crippen LogP contribution in [0.4, 0.5) is 4.79 Å². The molecular formula is C25H23N3O. The number of urea groups is 1. The molecule has 0 fully saturated rings. The van der Waals surface area contributed by atoms with E-state index in [0.717, 1.165) is 21.9 Å². The fraction of sp³-hybridized carbons (Fsp3) is 0.120. The molecule has 4 nitrogen and oxygen atoms in total. The molecule has 0 aliphatic carbocycles. The Hall–Kier alpha value is -3.66. The van der Waals surface area contributed by atoms with Gasteiger partial charge in [-0.15, -0.1) is 0 Å². The zero-order chi connectivity index (χ0) is 20.1. The normalized spacial score (nSPS) is 10.7. The lowest BCUT2D eigenvalue weighted by atomic mass is 9.96. The number of benzene rings is 3. The lowest BCUT2D eigenvalue weighted by Gasteiger charge is -2.13. The van der Waals surface area contributed by atoms with Crippen LogP contribution in [0.25, 0.3) is 21.9 Å². The number of amides is 2. The number of aryl methyl sites for hydroxylation is 1. The second-order valence-corrected chi connectivity index (χ2v) is 7.08. The van der Waals surface area contributed by atoms with Gasteiger partial charge in [0.1, 0.15) is 0 Å². The van der Waals surface area contributed by atoms with Crippen molar-refractivity contribution in [3.8, 4) is 11.1 Å². The predicted molar refractivity (Wildman–Crippen MR) is 117 cm³/mol. The molecule has 0 atom stereocenters. The number of hydrogen-bond acceptors (Lipinski definition) is 2. The fourth-order valence-corrected chi connectivity index (χ4v) is 3.40. The summed E-state index contributed by atoms with van der Waals surface area (Å²) in [6.45, 7) is 3.03. The molecule has 3 aromatic carbocycles. The molecular weight excluding hydrogens is 358 g/mol. The minimum atomic E-state index is -0.187. The van der Waals surface area contributed by atoms with Gasteiger partial charge in [-0.1, -0.05) is 72.3 Å². The van der Waals surface area contributed by atoms with Crippen molar-refractivity contribution in [2.24, 2.45) is 0 Å². The Labute approximate surface area is 170 Å². The number of carbonyl (C=O) groups excluding carboxylic acids is 1. The van der Waals surface area contributed by atoms with E-state index in [2.05, 4.69) is 58.9 Å². The molecule has 0 aliphatic rings.